The molecule has 2 heterocycles. The highest BCUT2D eigenvalue weighted by Gasteiger charge is 2.32. The number of aryl methyl sites for hydroxylation is 1. The van der Waals surface area contributed by atoms with Crippen molar-refractivity contribution in [2.45, 2.75) is 6.18 Å². The minimum atomic E-state index is -4.47. The standard InChI is InChI=1S/C10H7BF3N3/c1-17-5-6(11)9(16-17)7-3-2-4-8(15-7)10(12,13)14/h2-5H,1H3. The van der Waals surface area contributed by atoms with E-state index in [1.165, 1.54) is 23.0 Å². The van der Waals surface area contributed by atoms with E-state index in [0.29, 0.717) is 5.46 Å². The van der Waals surface area contributed by atoms with Crippen molar-refractivity contribution in [2.75, 3.05) is 0 Å². The molecule has 0 fully saturated rings. The first-order valence-corrected chi connectivity index (χ1v) is 4.71. The van der Waals surface area contributed by atoms with Crippen LogP contribution in [-0.4, -0.2) is 22.6 Å². The highest BCUT2D eigenvalue weighted by molar-refractivity contribution is 6.35. The summed E-state index contributed by atoms with van der Waals surface area (Å²) in [5.41, 5.74) is -0.309. The van der Waals surface area contributed by atoms with Gasteiger partial charge in [-0.15, -0.1) is 0 Å². The average molecular weight is 237 g/mol. The van der Waals surface area contributed by atoms with Crippen LogP contribution in [0.3, 0.4) is 0 Å². The minimum absolute atomic E-state index is 0.109. The van der Waals surface area contributed by atoms with Crippen molar-refractivity contribution < 1.29 is 13.2 Å². The van der Waals surface area contributed by atoms with Gasteiger partial charge in [0.05, 0.1) is 5.69 Å². The van der Waals surface area contributed by atoms with Crippen molar-refractivity contribution in [2.24, 2.45) is 7.05 Å². The zero-order chi connectivity index (χ0) is 12.6. The Morgan fingerprint density at radius 1 is 1.29 bits per heavy atom. The molecule has 2 aromatic heterocycles. The lowest BCUT2D eigenvalue weighted by Gasteiger charge is -2.06. The predicted molar refractivity (Wildman–Crippen MR) is 56.8 cm³/mol. The number of rotatable bonds is 1. The third kappa shape index (κ3) is 2.32. The van der Waals surface area contributed by atoms with Gasteiger partial charge in [0.15, 0.2) is 0 Å². The second-order valence-corrected chi connectivity index (χ2v) is 3.51. The Hall–Kier alpha value is -1.79. The van der Waals surface area contributed by atoms with Gasteiger partial charge in [-0.05, 0) is 17.6 Å². The zero-order valence-corrected chi connectivity index (χ0v) is 8.86. The summed E-state index contributed by atoms with van der Waals surface area (Å²) >= 11 is 0. The van der Waals surface area contributed by atoms with E-state index in [2.05, 4.69) is 10.1 Å². The van der Waals surface area contributed by atoms with Gasteiger partial charge < -0.3 is 0 Å². The van der Waals surface area contributed by atoms with Crippen molar-refractivity contribution in [3.05, 3.63) is 30.1 Å². The summed E-state index contributed by atoms with van der Waals surface area (Å²) in [6.07, 6.45) is -2.96. The number of pyridine rings is 1. The normalized spacial score (nSPS) is 11.8. The lowest BCUT2D eigenvalue weighted by Crippen LogP contribution is -2.10. The molecule has 2 radical (unpaired) electrons. The van der Waals surface area contributed by atoms with Crippen LogP contribution < -0.4 is 5.46 Å². The van der Waals surface area contributed by atoms with E-state index in [4.69, 9.17) is 7.85 Å². The van der Waals surface area contributed by atoms with E-state index in [1.54, 1.807) is 7.05 Å². The fourth-order valence-electron chi connectivity index (χ4n) is 1.43. The van der Waals surface area contributed by atoms with E-state index in [0.717, 1.165) is 6.07 Å². The summed E-state index contributed by atoms with van der Waals surface area (Å²) in [5, 5.41) is 3.97. The van der Waals surface area contributed by atoms with Crippen molar-refractivity contribution in [1.82, 2.24) is 14.8 Å². The van der Waals surface area contributed by atoms with Crippen molar-refractivity contribution >= 4 is 13.3 Å². The fraction of sp³-hybridized carbons (Fsp3) is 0.200. The molecule has 2 aromatic rings. The second-order valence-electron chi connectivity index (χ2n) is 3.51. The minimum Gasteiger partial charge on any atom is -0.276 e. The van der Waals surface area contributed by atoms with Gasteiger partial charge in [-0.25, -0.2) is 4.98 Å². The number of aromatic nitrogens is 3. The quantitative estimate of drug-likeness (QED) is 0.699. The van der Waals surface area contributed by atoms with Crippen LogP contribution in [0.5, 0.6) is 0 Å². The monoisotopic (exact) mass is 237 g/mol. The van der Waals surface area contributed by atoms with Gasteiger partial charge in [0, 0.05) is 13.2 Å². The number of halogens is 3. The molecule has 0 atom stereocenters. The molecule has 0 bridgehead atoms. The first-order chi connectivity index (χ1) is 7.88. The number of hydrogen-bond donors (Lipinski definition) is 0. The van der Waals surface area contributed by atoms with Crippen molar-refractivity contribution in [3.8, 4) is 11.4 Å². The van der Waals surface area contributed by atoms with Gasteiger partial charge in [-0.1, -0.05) is 6.07 Å². The topological polar surface area (TPSA) is 30.7 Å². The molecule has 0 aliphatic carbocycles. The van der Waals surface area contributed by atoms with Gasteiger partial charge >= 0.3 is 6.18 Å². The molecule has 3 nitrogen and oxygen atoms in total. The molecule has 0 aliphatic rings. The Balaban J connectivity index is 2.50. The molecule has 0 aliphatic heterocycles. The Kier molecular flexibility index (Phi) is 2.69. The summed E-state index contributed by atoms with van der Waals surface area (Å²) in [5.74, 6) is 0. The molecule has 2 rings (SSSR count). The van der Waals surface area contributed by atoms with Crippen LogP contribution in [-0.2, 0) is 13.2 Å². The summed E-state index contributed by atoms with van der Waals surface area (Å²) in [6.45, 7) is 0. The van der Waals surface area contributed by atoms with Crippen LogP contribution in [0.4, 0.5) is 13.2 Å². The third-order valence-electron chi connectivity index (χ3n) is 2.14. The Morgan fingerprint density at radius 3 is 2.53 bits per heavy atom. The maximum absolute atomic E-state index is 12.5. The molecular formula is C10H7BF3N3. The molecule has 0 N–H and O–H groups in total. The molecule has 0 saturated heterocycles. The molecule has 0 amide bonds. The number of nitrogens with zero attached hydrogens (tertiary/aromatic N) is 3. The van der Waals surface area contributed by atoms with Gasteiger partial charge in [0.2, 0.25) is 0 Å². The van der Waals surface area contributed by atoms with E-state index in [-0.39, 0.29) is 11.4 Å². The Morgan fingerprint density at radius 2 is 2.00 bits per heavy atom. The SMILES string of the molecule is [B]c1cn(C)nc1-c1cccc(C(F)(F)F)n1. The molecule has 0 unspecified atom stereocenters. The van der Waals surface area contributed by atoms with Crippen LogP contribution >= 0.6 is 0 Å². The predicted octanol–water partition coefficient (Wildman–Crippen LogP) is 1.29. The van der Waals surface area contributed by atoms with E-state index >= 15 is 0 Å². The van der Waals surface area contributed by atoms with Gasteiger partial charge in [0.25, 0.3) is 0 Å². The zero-order valence-electron chi connectivity index (χ0n) is 8.86. The highest BCUT2D eigenvalue weighted by Crippen LogP contribution is 2.28. The third-order valence-corrected chi connectivity index (χ3v) is 2.14. The first kappa shape index (κ1) is 11.7. The van der Waals surface area contributed by atoms with E-state index in [1.807, 2.05) is 0 Å². The second kappa shape index (κ2) is 3.90. The molecule has 0 aromatic carbocycles. The highest BCUT2D eigenvalue weighted by atomic mass is 19.4. The maximum atomic E-state index is 12.5. The Labute approximate surface area is 96.7 Å². The maximum Gasteiger partial charge on any atom is 0.433 e. The van der Waals surface area contributed by atoms with Gasteiger partial charge in [-0.2, -0.15) is 18.3 Å². The van der Waals surface area contributed by atoms with E-state index in [9.17, 15) is 13.2 Å². The van der Waals surface area contributed by atoms with Crippen LogP contribution in [0.25, 0.3) is 11.4 Å². The smallest absolute Gasteiger partial charge is 0.276 e. The molecule has 86 valence electrons. The lowest BCUT2D eigenvalue weighted by molar-refractivity contribution is -0.141. The van der Waals surface area contributed by atoms with Crippen LogP contribution in [0.15, 0.2) is 24.4 Å². The summed E-state index contributed by atoms with van der Waals surface area (Å²) in [4.78, 5) is 3.51. The number of alkyl halides is 3. The molecular weight excluding hydrogens is 230 g/mol. The summed E-state index contributed by atoms with van der Waals surface area (Å²) in [7, 11) is 7.26. The fourth-order valence-corrected chi connectivity index (χ4v) is 1.43. The summed E-state index contributed by atoms with van der Waals surface area (Å²) in [6, 6.07) is 3.62. The van der Waals surface area contributed by atoms with Crippen LogP contribution in [0, 0.1) is 0 Å². The van der Waals surface area contributed by atoms with Crippen LogP contribution in [0.1, 0.15) is 5.69 Å². The largest absolute Gasteiger partial charge is 0.433 e. The molecule has 0 spiro atoms. The van der Waals surface area contributed by atoms with Gasteiger partial charge in [-0.3, -0.25) is 4.68 Å². The average Bonchev–Trinajstić information content (AvgIpc) is 2.57. The first-order valence-electron chi connectivity index (χ1n) is 4.71. The Bertz CT molecular complexity index is 548. The van der Waals surface area contributed by atoms with Crippen LogP contribution in [0.2, 0.25) is 0 Å². The molecule has 0 saturated carbocycles. The van der Waals surface area contributed by atoms with Crippen molar-refractivity contribution in [1.29, 1.82) is 0 Å². The van der Waals surface area contributed by atoms with Gasteiger partial charge in [0.1, 0.15) is 19.2 Å². The molecule has 7 heteroatoms. The molecule has 17 heavy (non-hydrogen) atoms. The van der Waals surface area contributed by atoms with Crippen molar-refractivity contribution in [3.63, 3.8) is 0 Å². The summed E-state index contributed by atoms with van der Waals surface area (Å²) < 4.78 is 38.8. The number of hydrogen-bond acceptors (Lipinski definition) is 2. The van der Waals surface area contributed by atoms with E-state index < -0.39 is 11.9 Å². The lowest BCUT2D eigenvalue weighted by atomic mass is 9.95.